The molecule has 106 valence electrons. The minimum Gasteiger partial charge on any atom is -0.381 e. The molecule has 2 aliphatic heterocycles. The molecular formula is C13H22N4O2. The van der Waals surface area contributed by atoms with Gasteiger partial charge >= 0.3 is 0 Å². The van der Waals surface area contributed by atoms with E-state index in [-0.39, 0.29) is 0 Å². The van der Waals surface area contributed by atoms with Crippen LogP contribution < -0.4 is 0 Å². The summed E-state index contributed by atoms with van der Waals surface area (Å²) in [5.74, 6) is 1.89. The zero-order valence-corrected chi connectivity index (χ0v) is 11.5. The summed E-state index contributed by atoms with van der Waals surface area (Å²) in [7, 11) is 0. The molecule has 0 spiro atoms. The molecule has 0 saturated carbocycles. The van der Waals surface area contributed by atoms with Gasteiger partial charge in [-0.15, -0.1) is 0 Å². The lowest BCUT2D eigenvalue weighted by Crippen LogP contribution is -2.45. The molecule has 6 heteroatoms. The number of likely N-dealkylation sites (N-methyl/N-ethyl adjacent to an activating group) is 1. The number of hydrogen-bond acceptors (Lipinski definition) is 6. The Bertz CT molecular complexity index is 395. The van der Waals surface area contributed by atoms with Gasteiger partial charge in [0.25, 0.3) is 0 Å². The normalized spacial score (nSPS) is 26.1. The van der Waals surface area contributed by atoms with E-state index in [0.29, 0.717) is 5.92 Å². The third-order valence-corrected chi connectivity index (χ3v) is 4.05. The second-order valence-corrected chi connectivity index (χ2v) is 5.32. The lowest BCUT2D eigenvalue weighted by molar-refractivity contribution is 0.121. The van der Waals surface area contributed by atoms with Gasteiger partial charge in [-0.1, -0.05) is 12.1 Å². The van der Waals surface area contributed by atoms with Gasteiger partial charge < -0.3 is 14.2 Å². The molecule has 6 nitrogen and oxygen atoms in total. The number of ether oxygens (including phenoxy) is 1. The summed E-state index contributed by atoms with van der Waals surface area (Å²) in [6.07, 6.45) is 1.01. The first-order valence-electron chi connectivity index (χ1n) is 7.20. The van der Waals surface area contributed by atoms with Gasteiger partial charge in [0.05, 0.1) is 13.2 Å². The summed E-state index contributed by atoms with van der Waals surface area (Å²) >= 11 is 0. The van der Waals surface area contributed by atoms with Crippen LogP contribution >= 0.6 is 0 Å². The van der Waals surface area contributed by atoms with Crippen LogP contribution in [0.5, 0.6) is 0 Å². The van der Waals surface area contributed by atoms with Gasteiger partial charge in [0.15, 0.2) is 5.82 Å². The zero-order chi connectivity index (χ0) is 13.1. The van der Waals surface area contributed by atoms with E-state index in [0.717, 1.165) is 70.6 Å². The minimum absolute atomic E-state index is 0.328. The van der Waals surface area contributed by atoms with Crippen LogP contribution in [-0.4, -0.2) is 65.9 Å². The molecule has 0 amide bonds. The second kappa shape index (κ2) is 5.98. The molecule has 3 rings (SSSR count). The predicted molar refractivity (Wildman–Crippen MR) is 69.9 cm³/mol. The molecule has 0 radical (unpaired) electrons. The molecule has 1 aromatic heterocycles. The summed E-state index contributed by atoms with van der Waals surface area (Å²) < 4.78 is 10.7. The molecular weight excluding hydrogens is 244 g/mol. The van der Waals surface area contributed by atoms with E-state index in [9.17, 15) is 0 Å². The Hall–Kier alpha value is -0.980. The number of rotatable bonds is 4. The molecule has 0 N–H and O–H groups in total. The summed E-state index contributed by atoms with van der Waals surface area (Å²) in [4.78, 5) is 9.36. The van der Waals surface area contributed by atoms with Gasteiger partial charge in [-0.2, -0.15) is 4.98 Å². The third-order valence-electron chi connectivity index (χ3n) is 4.05. The molecule has 1 unspecified atom stereocenters. The Labute approximate surface area is 113 Å². The molecule has 2 aliphatic rings. The van der Waals surface area contributed by atoms with E-state index in [4.69, 9.17) is 9.26 Å². The first-order chi connectivity index (χ1) is 9.35. The Morgan fingerprint density at radius 2 is 2.00 bits per heavy atom. The van der Waals surface area contributed by atoms with Crippen molar-refractivity contribution in [2.45, 2.75) is 25.8 Å². The van der Waals surface area contributed by atoms with Crippen molar-refractivity contribution >= 4 is 0 Å². The third kappa shape index (κ3) is 3.13. The van der Waals surface area contributed by atoms with Crippen molar-refractivity contribution in [2.24, 2.45) is 0 Å². The summed E-state index contributed by atoms with van der Waals surface area (Å²) in [6, 6.07) is 0. The molecule has 3 heterocycles. The van der Waals surface area contributed by atoms with Gasteiger partial charge in [-0.3, -0.25) is 4.90 Å². The molecule has 1 atom stereocenters. The van der Waals surface area contributed by atoms with Crippen LogP contribution in [0.2, 0.25) is 0 Å². The van der Waals surface area contributed by atoms with Crippen molar-refractivity contribution in [1.82, 2.24) is 19.9 Å². The zero-order valence-electron chi connectivity index (χ0n) is 11.5. The van der Waals surface area contributed by atoms with E-state index in [1.54, 1.807) is 0 Å². The van der Waals surface area contributed by atoms with Crippen molar-refractivity contribution in [3.8, 4) is 0 Å². The number of piperazine rings is 1. The average Bonchev–Trinajstić information content (AvgIpc) is 3.10. The minimum atomic E-state index is 0.328. The fraction of sp³-hybridized carbons (Fsp3) is 0.846. The first-order valence-corrected chi connectivity index (χ1v) is 7.20. The van der Waals surface area contributed by atoms with E-state index in [1.807, 2.05) is 0 Å². The summed E-state index contributed by atoms with van der Waals surface area (Å²) in [5.41, 5.74) is 0. The van der Waals surface area contributed by atoms with Gasteiger partial charge in [0, 0.05) is 38.7 Å². The maximum absolute atomic E-state index is 5.36. The standard InChI is InChI=1S/C13H22N4O2/c1-2-16-4-6-17(7-5-16)9-12-14-13(15-19-12)11-3-8-18-10-11/h11H,2-10H2,1H3. The second-order valence-electron chi connectivity index (χ2n) is 5.32. The lowest BCUT2D eigenvalue weighted by atomic mass is 10.1. The fourth-order valence-corrected chi connectivity index (χ4v) is 2.69. The maximum Gasteiger partial charge on any atom is 0.240 e. The monoisotopic (exact) mass is 266 g/mol. The molecule has 0 bridgehead atoms. The number of aromatic nitrogens is 2. The van der Waals surface area contributed by atoms with Crippen molar-refractivity contribution < 1.29 is 9.26 Å². The smallest absolute Gasteiger partial charge is 0.240 e. The first kappa shape index (κ1) is 13.0. The fourth-order valence-electron chi connectivity index (χ4n) is 2.69. The summed E-state index contributed by atoms with van der Waals surface area (Å²) in [6.45, 7) is 10.1. The van der Waals surface area contributed by atoms with Crippen LogP contribution in [0.3, 0.4) is 0 Å². The van der Waals surface area contributed by atoms with Gasteiger partial charge in [0.1, 0.15) is 0 Å². The highest BCUT2D eigenvalue weighted by molar-refractivity contribution is 4.97. The Kier molecular flexibility index (Phi) is 4.10. The lowest BCUT2D eigenvalue weighted by Gasteiger charge is -2.33. The molecule has 0 aromatic carbocycles. The molecule has 0 aliphatic carbocycles. The van der Waals surface area contributed by atoms with E-state index >= 15 is 0 Å². The largest absolute Gasteiger partial charge is 0.381 e. The SMILES string of the molecule is CCN1CCN(Cc2nc(C3CCOC3)no2)CC1. The quantitative estimate of drug-likeness (QED) is 0.800. The molecule has 1 aromatic rings. The van der Waals surface area contributed by atoms with Crippen molar-refractivity contribution in [3.63, 3.8) is 0 Å². The van der Waals surface area contributed by atoms with Gasteiger partial charge in [-0.25, -0.2) is 0 Å². The van der Waals surface area contributed by atoms with Crippen molar-refractivity contribution in [3.05, 3.63) is 11.7 Å². The highest BCUT2D eigenvalue weighted by atomic mass is 16.5. The highest BCUT2D eigenvalue weighted by Gasteiger charge is 2.24. The van der Waals surface area contributed by atoms with Gasteiger partial charge in [-0.05, 0) is 13.0 Å². The van der Waals surface area contributed by atoms with Crippen molar-refractivity contribution in [1.29, 1.82) is 0 Å². The van der Waals surface area contributed by atoms with Crippen LogP contribution in [0.4, 0.5) is 0 Å². The predicted octanol–water partition coefficient (Wildman–Crippen LogP) is 0.711. The highest BCUT2D eigenvalue weighted by Crippen LogP contribution is 2.22. The molecule has 2 saturated heterocycles. The van der Waals surface area contributed by atoms with Crippen molar-refractivity contribution in [2.75, 3.05) is 45.9 Å². The molecule has 19 heavy (non-hydrogen) atoms. The topological polar surface area (TPSA) is 54.6 Å². The summed E-state index contributed by atoms with van der Waals surface area (Å²) in [5, 5.41) is 4.09. The van der Waals surface area contributed by atoms with Gasteiger partial charge in [0.2, 0.25) is 5.89 Å². The van der Waals surface area contributed by atoms with Crippen LogP contribution in [0, 0.1) is 0 Å². The Morgan fingerprint density at radius 1 is 1.21 bits per heavy atom. The Morgan fingerprint density at radius 3 is 2.68 bits per heavy atom. The van der Waals surface area contributed by atoms with Crippen LogP contribution in [0.15, 0.2) is 4.52 Å². The van der Waals surface area contributed by atoms with Crippen LogP contribution in [-0.2, 0) is 11.3 Å². The maximum atomic E-state index is 5.36. The molecule has 2 fully saturated rings. The van der Waals surface area contributed by atoms with Crippen LogP contribution in [0.1, 0.15) is 31.0 Å². The Balaban J connectivity index is 1.52. The number of nitrogens with zero attached hydrogens (tertiary/aromatic N) is 4. The number of hydrogen-bond donors (Lipinski definition) is 0. The van der Waals surface area contributed by atoms with Crippen LogP contribution in [0.25, 0.3) is 0 Å². The average molecular weight is 266 g/mol. The van der Waals surface area contributed by atoms with E-state index < -0.39 is 0 Å². The van der Waals surface area contributed by atoms with E-state index in [1.165, 1.54) is 0 Å². The van der Waals surface area contributed by atoms with E-state index in [2.05, 4.69) is 26.9 Å².